The third kappa shape index (κ3) is 6.56. The van der Waals surface area contributed by atoms with Crippen molar-refractivity contribution < 1.29 is 27.8 Å². The molecule has 0 atom stereocenters. The standard InChI is InChI=1S/C15H15F3O3/c1-10(2)21-13-6-4-12(5-7-13)8-14(11(3)19)20-9-15(16,17)18/h4-8,19H,1,3,9H2,2H3/b14-8-. The average Bonchev–Trinajstić information content (AvgIpc) is 2.34. The van der Waals surface area contributed by atoms with Gasteiger partial charge in [-0.1, -0.05) is 25.3 Å². The van der Waals surface area contributed by atoms with Gasteiger partial charge in [0.15, 0.2) is 12.4 Å². The number of allylic oxidation sites excluding steroid dienone is 1. The first-order valence-corrected chi connectivity index (χ1v) is 5.90. The lowest BCUT2D eigenvalue weighted by molar-refractivity contribution is -0.164. The van der Waals surface area contributed by atoms with Gasteiger partial charge in [-0.3, -0.25) is 0 Å². The van der Waals surface area contributed by atoms with Gasteiger partial charge in [0.05, 0.1) is 5.76 Å². The van der Waals surface area contributed by atoms with Crippen LogP contribution in [0.1, 0.15) is 12.5 Å². The molecule has 0 fully saturated rings. The fraction of sp³-hybridized carbons (Fsp3) is 0.200. The maximum atomic E-state index is 12.1. The van der Waals surface area contributed by atoms with Crippen molar-refractivity contribution in [3.8, 4) is 5.75 Å². The molecule has 21 heavy (non-hydrogen) atoms. The van der Waals surface area contributed by atoms with Crippen molar-refractivity contribution in [3.63, 3.8) is 0 Å². The van der Waals surface area contributed by atoms with Crippen molar-refractivity contribution >= 4 is 6.08 Å². The Hall–Kier alpha value is -2.37. The Morgan fingerprint density at radius 3 is 2.24 bits per heavy atom. The second kappa shape index (κ2) is 6.88. The Morgan fingerprint density at radius 2 is 1.81 bits per heavy atom. The van der Waals surface area contributed by atoms with Gasteiger partial charge in [0, 0.05) is 0 Å². The summed E-state index contributed by atoms with van der Waals surface area (Å²) in [6, 6.07) is 6.42. The molecule has 0 radical (unpaired) electrons. The SMILES string of the molecule is C=C(C)Oc1ccc(/C=C(\OCC(F)(F)F)C(=C)O)cc1. The Kier molecular flexibility index (Phi) is 5.46. The molecule has 3 nitrogen and oxygen atoms in total. The summed E-state index contributed by atoms with van der Waals surface area (Å²) in [5.74, 6) is 0.124. The van der Waals surface area contributed by atoms with Gasteiger partial charge in [-0.25, -0.2) is 0 Å². The van der Waals surface area contributed by atoms with Crippen LogP contribution >= 0.6 is 0 Å². The highest BCUT2D eigenvalue weighted by molar-refractivity contribution is 5.55. The molecule has 1 N–H and O–H groups in total. The largest absolute Gasteiger partial charge is 0.505 e. The van der Waals surface area contributed by atoms with Gasteiger partial charge in [-0.05, 0) is 30.7 Å². The van der Waals surface area contributed by atoms with Gasteiger partial charge in [0.25, 0.3) is 0 Å². The van der Waals surface area contributed by atoms with E-state index < -0.39 is 18.5 Å². The molecule has 0 aromatic heterocycles. The molecule has 0 aliphatic rings. The van der Waals surface area contributed by atoms with Gasteiger partial charge in [-0.2, -0.15) is 13.2 Å². The van der Waals surface area contributed by atoms with Crippen molar-refractivity contribution in [1.82, 2.24) is 0 Å². The molecule has 0 aliphatic heterocycles. The quantitative estimate of drug-likeness (QED) is 0.617. The van der Waals surface area contributed by atoms with Crippen LogP contribution in [0.25, 0.3) is 6.08 Å². The second-order valence-corrected chi connectivity index (χ2v) is 4.23. The first kappa shape index (κ1) is 16.7. The first-order valence-electron chi connectivity index (χ1n) is 5.90. The Balaban J connectivity index is 2.85. The number of rotatable bonds is 6. The van der Waals surface area contributed by atoms with Crippen molar-refractivity contribution in [2.75, 3.05) is 6.61 Å². The highest BCUT2D eigenvalue weighted by Gasteiger charge is 2.29. The molecule has 6 heteroatoms. The fourth-order valence-electron chi connectivity index (χ4n) is 1.35. The van der Waals surface area contributed by atoms with Gasteiger partial charge < -0.3 is 14.6 Å². The zero-order valence-corrected chi connectivity index (χ0v) is 11.4. The summed E-state index contributed by atoms with van der Waals surface area (Å²) < 4.78 is 46.1. The fourth-order valence-corrected chi connectivity index (χ4v) is 1.35. The number of halogens is 3. The lowest BCUT2D eigenvalue weighted by Gasteiger charge is -2.11. The molecule has 0 amide bonds. The van der Waals surface area contributed by atoms with E-state index in [1.54, 1.807) is 31.2 Å². The molecule has 1 rings (SSSR count). The normalized spacial score (nSPS) is 11.9. The number of hydrogen-bond acceptors (Lipinski definition) is 3. The van der Waals surface area contributed by atoms with Crippen LogP contribution in [-0.2, 0) is 4.74 Å². The Morgan fingerprint density at radius 1 is 1.24 bits per heavy atom. The molecule has 0 spiro atoms. The van der Waals surface area contributed by atoms with Gasteiger partial charge in [0.2, 0.25) is 0 Å². The van der Waals surface area contributed by atoms with Crippen LogP contribution in [0.2, 0.25) is 0 Å². The summed E-state index contributed by atoms with van der Waals surface area (Å²) in [6.07, 6.45) is -3.24. The molecule has 0 saturated heterocycles. The number of benzene rings is 1. The van der Waals surface area contributed by atoms with Crippen LogP contribution in [0.3, 0.4) is 0 Å². The molecular weight excluding hydrogens is 285 g/mol. The van der Waals surface area contributed by atoms with E-state index in [4.69, 9.17) is 4.74 Å². The van der Waals surface area contributed by atoms with E-state index in [1.165, 1.54) is 6.08 Å². The minimum atomic E-state index is -4.49. The summed E-state index contributed by atoms with van der Waals surface area (Å²) in [4.78, 5) is 0. The Labute approximate surface area is 120 Å². The zero-order chi connectivity index (χ0) is 16.0. The first-order chi connectivity index (χ1) is 9.67. The number of aliphatic hydroxyl groups is 1. The van der Waals surface area contributed by atoms with Crippen molar-refractivity contribution in [3.05, 3.63) is 60.3 Å². The van der Waals surface area contributed by atoms with Gasteiger partial charge in [-0.15, -0.1) is 0 Å². The van der Waals surface area contributed by atoms with Crippen LogP contribution in [-0.4, -0.2) is 17.9 Å². The monoisotopic (exact) mass is 300 g/mol. The third-order valence-electron chi connectivity index (χ3n) is 2.15. The summed E-state index contributed by atoms with van der Waals surface area (Å²) in [5.41, 5.74) is 0.524. The predicted molar refractivity (Wildman–Crippen MR) is 73.6 cm³/mol. The number of hydrogen-bond donors (Lipinski definition) is 1. The molecule has 0 heterocycles. The average molecular weight is 300 g/mol. The van der Waals surface area contributed by atoms with Gasteiger partial charge >= 0.3 is 6.18 Å². The molecule has 0 saturated carbocycles. The van der Waals surface area contributed by atoms with Crippen LogP contribution in [0.4, 0.5) is 13.2 Å². The van der Waals surface area contributed by atoms with Crippen molar-refractivity contribution in [2.45, 2.75) is 13.1 Å². The van der Waals surface area contributed by atoms with Crippen LogP contribution in [0, 0.1) is 0 Å². The molecular formula is C15H15F3O3. The van der Waals surface area contributed by atoms with Crippen LogP contribution in [0.5, 0.6) is 5.75 Å². The third-order valence-corrected chi connectivity index (χ3v) is 2.15. The van der Waals surface area contributed by atoms with E-state index in [0.29, 0.717) is 17.1 Å². The number of aliphatic hydroxyl groups excluding tert-OH is 1. The highest BCUT2D eigenvalue weighted by atomic mass is 19.4. The molecule has 0 aliphatic carbocycles. The molecule has 1 aromatic rings. The minimum absolute atomic E-state index is 0.346. The van der Waals surface area contributed by atoms with Crippen molar-refractivity contribution in [2.24, 2.45) is 0 Å². The van der Waals surface area contributed by atoms with Crippen molar-refractivity contribution in [1.29, 1.82) is 0 Å². The van der Waals surface area contributed by atoms with E-state index in [0.717, 1.165) is 0 Å². The smallest absolute Gasteiger partial charge is 0.422 e. The van der Waals surface area contributed by atoms with Gasteiger partial charge in [0.1, 0.15) is 11.5 Å². The highest BCUT2D eigenvalue weighted by Crippen LogP contribution is 2.21. The van der Waals surface area contributed by atoms with Crippen LogP contribution < -0.4 is 4.74 Å². The second-order valence-electron chi connectivity index (χ2n) is 4.23. The molecule has 1 aromatic carbocycles. The lowest BCUT2D eigenvalue weighted by atomic mass is 10.2. The van der Waals surface area contributed by atoms with Crippen LogP contribution in [0.15, 0.2) is 54.7 Å². The zero-order valence-electron chi connectivity index (χ0n) is 11.4. The summed E-state index contributed by atoms with van der Waals surface area (Å²) in [6.45, 7) is 6.94. The molecule has 0 unspecified atom stereocenters. The summed E-state index contributed by atoms with van der Waals surface area (Å²) in [7, 11) is 0. The van der Waals surface area contributed by atoms with E-state index >= 15 is 0 Å². The maximum Gasteiger partial charge on any atom is 0.422 e. The lowest BCUT2D eigenvalue weighted by Crippen LogP contribution is -2.17. The summed E-state index contributed by atoms with van der Waals surface area (Å²) in [5, 5.41) is 9.25. The number of ether oxygens (including phenoxy) is 2. The van der Waals surface area contributed by atoms with E-state index in [1.807, 2.05) is 0 Å². The van der Waals surface area contributed by atoms with E-state index in [9.17, 15) is 18.3 Å². The minimum Gasteiger partial charge on any atom is -0.505 e. The van der Waals surface area contributed by atoms with E-state index in [-0.39, 0.29) is 5.76 Å². The predicted octanol–water partition coefficient (Wildman–Crippen LogP) is 4.59. The molecule has 114 valence electrons. The van der Waals surface area contributed by atoms with E-state index in [2.05, 4.69) is 17.9 Å². The number of alkyl halides is 3. The topological polar surface area (TPSA) is 38.7 Å². The summed E-state index contributed by atoms with van der Waals surface area (Å²) >= 11 is 0. The Bertz CT molecular complexity index is 542. The molecule has 0 bridgehead atoms. The maximum absolute atomic E-state index is 12.1.